The molecule has 0 fully saturated rings. The topological polar surface area (TPSA) is 30.0 Å². The molecule has 0 saturated heterocycles. The molecule has 0 radical (unpaired) electrons. The molecular formula is C23H25FNOP. The molecular weight excluding hydrogens is 356 g/mol. The molecule has 3 rings (SSSR count). The van der Waals surface area contributed by atoms with Gasteiger partial charge < -0.3 is 4.57 Å². The van der Waals surface area contributed by atoms with E-state index in [4.69, 9.17) is 0 Å². The highest BCUT2D eigenvalue weighted by atomic mass is 31.2. The molecule has 0 bridgehead atoms. The van der Waals surface area contributed by atoms with Crippen LogP contribution >= 0.6 is 7.14 Å². The summed E-state index contributed by atoms with van der Waals surface area (Å²) in [6.45, 7) is 8.09. The van der Waals surface area contributed by atoms with E-state index < -0.39 is 7.14 Å². The van der Waals surface area contributed by atoms with E-state index in [0.717, 1.165) is 33.3 Å². The van der Waals surface area contributed by atoms with E-state index in [-0.39, 0.29) is 5.82 Å². The minimum Gasteiger partial charge on any atom is -0.314 e. The quantitative estimate of drug-likeness (QED) is 0.582. The van der Waals surface area contributed by atoms with Crippen molar-refractivity contribution in [1.82, 2.24) is 4.98 Å². The molecule has 0 amide bonds. The van der Waals surface area contributed by atoms with E-state index in [9.17, 15) is 8.96 Å². The fourth-order valence-electron chi connectivity index (χ4n) is 3.84. The molecule has 1 heterocycles. The average molecular weight is 381 g/mol. The van der Waals surface area contributed by atoms with Crippen molar-refractivity contribution in [1.29, 1.82) is 0 Å². The van der Waals surface area contributed by atoms with Crippen LogP contribution in [0.1, 0.15) is 27.9 Å². The lowest BCUT2D eigenvalue weighted by Gasteiger charge is -2.24. The van der Waals surface area contributed by atoms with E-state index in [1.165, 1.54) is 12.1 Å². The highest BCUT2D eigenvalue weighted by molar-refractivity contribution is 7.78. The summed E-state index contributed by atoms with van der Waals surface area (Å²) in [6, 6.07) is 14.2. The second-order valence-corrected chi connectivity index (χ2v) is 10.1. The van der Waals surface area contributed by atoms with Crippen LogP contribution in [0.2, 0.25) is 0 Å². The molecule has 0 aliphatic rings. The number of nitrogens with zero attached hydrogens (tertiary/aromatic N) is 1. The van der Waals surface area contributed by atoms with Gasteiger partial charge in [0.2, 0.25) is 0 Å². The summed E-state index contributed by atoms with van der Waals surface area (Å²) in [4.78, 5) is 4.46. The lowest BCUT2D eigenvalue weighted by molar-refractivity contribution is 0.586. The van der Waals surface area contributed by atoms with Gasteiger partial charge in [0, 0.05) is 28.7 Å². The molecule has 0 spiro atoms. The monoisotopic (exact) mass is 381 g/mol. The van der Waals surface area contributed by atoms with Crippen molar-refractivity contribution in [2.45, 2.75) is 34.1 Å². The lowest BCUT2D eigenvalue weighted by atomic mass is 10.1. The second kappa shape index (κ2) is 7.78. The van der Waals surface area contributed by atoms with Gasteiger partial charge in [-0.2, -0.15) is 0 Å². The van der Waals surface area contributed by atoms with Gasteiger partial charge >= 0.3 is 0 Å². The third-order valence-electron chi connectivity index (χ3n) is 5.02. The number of halogens is 1. The van der Waals surface area contributed by atoms with E-state index >= 15 is 0 Å². The van der Waals surface area contributed by atoms with Gasteiger partial charge in [0.25, 0.3) is 0 Å². The fourth-order valence-corrected chi connectivity index (χ4v) is 7.00. The molecule has 1 atom stereocenters. The molecule has 0 unspecified atom stereocenters. The number of benzene rings is 2. The zero-order chi connectivity index (χ0) is 19.6. The Hall–Kier alpha value is -2.25. The molecule has 4 heteroatoms. The Kier molecular flexibility index (Phi) is 5.62. The van der Waals surface area contributed by atoms with Crippen LogP contribution in [0.25, 0.3) is 0 Å². The van der Waals surface area contributed by atoms with Crippen LogP contribution in [0, 0.1) is 33.5 Å². The molecule has 2 nitrogen and oxygen atoms in total. The van der Waals surface area contributed by atoms with Crippen LogP contribution in [0.5, 0.6) is 0 Å². The summed E-state index contributed by atoms with van der Waals surface area (Å²) in [5, 5.41) is 1.60. The normalized spacial score (nSPS) is 13.4. The van der Waals surface area contributed by atoms with Crippen LogP contribution in [0.3, 0.4) is 0 Å². The predicted molar refractivity (Wildman–Crippen MR) is 111 cm³/mol. The standard InChI is InChI=1S/C23H25FNOP/c1-16-14-18(3)23(19(4)15-16)27(26,21-9-7-20(24)8-10-21)13-11-22-17(2)6-5-12-25-22/h5-10,12,14-15H,11,13H2,1-4H3/t27-/m1/s1. The minimum atomic E-state index is -2.93. The molecule has 0 N–H and O–H groups in total. The van der Waals surface area contributed by atoms with Gasteiger partial charge in [-0.15, -0.1) is 0 Å². The van der Waals surface area contributed by atoms with Crippen molar-refractivity contribution in [3.8, 4) is 0 Å². The Bertz CT molecular complexity index is 988. The van der Waals surface area contributed by atoms with Crippen LogP contribution in [-0.4, -0.2) is 11.1 Å². The van der Waals surface area contributed by atoms with Crippen molar-refractivity contribution in [2.75, 3.05) is 6.16 Å². The third kappa shape index (κ3) is 4.04. The van der Waals surface area contributed by atoms with Gasteiger partial charge in [-0.05, 0) is 81.1 Å². The van der Waals surface area contributed by atoms with E-state index in [0.29, 0.717) is 17.9 Å². The molecule has 2 aromatic carbocycles. The number of aromatic nitrogens is 1. The first-order chi connectivity index (χ1) is 12.8. The first-order valence-electron chi connectivity index (χ1n) is 9.15. The Labute approximate surface area is 160 Å². The summed E-state index contributed by atoms with van der Waals surface area (Å²) in [5.41, 5.74) is 5.26. The molecule has 1 aromatic heterocycles. The summed E-state index contributed by atoms with van der Waals surface area (Å²) in [5.74, 6) is -0.316. The van der Waals surface area contributed by atoms with Gasteiger partial charge in [0.05, 0.1) is 0 Å². The van der Waals surface area contributed by atoms with Crippen molar-refractivity contribution in [2.24, 2.45) is 0 Å². The second-order valence-electron chi connectivity index (χ2n) is 7.20. The summed E-state index contributed by atoms with van der Waals surface area (Å²) in [7, 11) is -2.93. The average Bonchev–Trinajstić information content (AvgIpc) is 2.60. The summed E-state index contributed by atoms with van der Waals surface area (Å²) < 4.78 is 27.9. The van der Waals surface area contributed by atoms with Gasteiger partial charge in [-0.3, -0.25) is 4.98 Å². The van der Waals surface area contributed by atoms with Crippen LogP contribution < -0.4 is 10.6 Å². The third-order valence-corrected chi connectivity index (χ3v) is 8.44. The zero-order valence-corrected chi connectivity index (χ0v) is 17.2. The molecule has 0 saturated carbocycles. The first-order valence-corrected chi connectivity index (χ1v) is 11.0. The van der Waals surface area contributed by atoms with E-state index in [2.05, 4.69) is 17.1 Å². The van der Waals surface area contributed by atoms with Gasteiger partial charge in [0.1, 0.15) is 13.0 Å². The molecule has 27 heavy (non-hydrogen) atoms. The summed E-state index contributed by atoms with van der Waals surface area (Å²) >= 11 is 0. The number of hydrogen-bond donors (Lipinski definition) is 0. The van der Waals surface area contributed by atoms with Crippen LogP contribution in [0.4, 0.5) is 4.39 Å². The number of hydrogen-bond acceptors (Lipinski definition) is 2. The molecule has 3 aromatic rings. The van der Waals surface area contributed by atoms with Crippen molar-refractivity contribution in [3.05, 3.63) is 88.5 Å². The van der Waals surface area contributed by atoms with Gasteiger partial charge in [-0.1, -0.05) is 23.8 Å². The highest BCUT2D eigenvalue weighted by Gasteiger charge is 2.30. The van der Waals surface area contributed by atoms with Crippen molar-refractivity contribution in [3.63, 3.8) is 0 Å². The highest BCUT2D eigenvalue weighted by Crippen LogP contribution is 2.46. The lowest BCUT2D eigenvalue weighted by Crippen LogP contribution is -2.24. The fraction of sp³-hybridized carbons (Fsp3) is 0.261. The Morgan fingerprint density at radius 2 is 1.56 bits per heavy atom. The SMILES string of the molecule is Cc1cc(C)c([P@@](=O)(CCc2ncccc2C)c2ccc(F)cc2)c(C)c1. The van der Waals surface area contributed by atoms with Crippen molar-refractivity contribution >= 4 is 17.8 Å². The van der Waals surface area contributed by atoms with E-state index in [1.54, 1.807) is 18.3 Å². The smallest absolute Gasteiger partial charge is 0.144 e. The number of aryl methyl sites for hydroxylation is 5. The van der Waals surface area contributed by atoms with Crippen LogP contribution in [-0.2, 0) is 11.0 Å². The predicted octanol–water partition coefficient (Wildman–Crippen LogP) is 5.01. The Morgan fingerprint density at radius 1 is 0.926 bits per heavy atom. The van der Waals surface area contributed by atoms with Gasteiger partial charge in [-0.25, -0.2) is 4.39 Å². The Balaban J connectivity index is 2.11. The Morgan fingerprint density at radius 3 is 2.15 bits per heavy atom. The van der Waals surface area contributed by atoms with E-state index in [1.807, 2.05) is 39.8 Å². The summed E-state index contributed by atoms with van der Waals surface area (Å²) in [6.07, 6.45) is 2.86. The number of pyridine rings is 1. The van der Waals surface area contributed by atoms with Gasteiger partial charge in [0.15, 0.2) is 0 Å². The molecule has 0 aliphatic carbocycles. The maximum absolute atomic E-state index is 14.4. The minimum absolute atomic E-state index is 0.316. The first kappa shape index (κ1) is 19.5. The molecule has 140 valence electrons. The number of rotatable bonds is 5. The maximum atomic E-state index is 14.4. The van der Waals surface area contributed by atoms with Crippen molar-refractivity contribution < 1.29 is 8.96 Å². The zero-order valence-electron chi connectivity index (χ0n) is 16.3. The maximum Gasteiger partial charge on any atom is 0.144 e. The van der Waals surface area contributed by atoms with Crippen LogP contribution in [0.15, 0.2) is 54.7 Å². The molecule has 0 aliphatic heterocycles. The largest absolute Gasteiger partial charge is 0.314 e.